The van der Waals surface area contributed by atoms with E-state index in [0.717, 1.165) is 41.3 Å². The summed E-state index contributed by atoms with van der Waals surface area (Å²) in [6, 6.07) is 10.7. The first-order valence-electron chi connectivity index (χ1n) is 8.55. The van der Waals surface area contributed by atoms with Crippen LogP contribution in [0.15, 0.2) is 46.0 Å². The Labute approximate surface area is 157 Å². The Morgan fingerprint density at radius 3 is 2.36 bits per heavy atom. The molecule has 0 saturated heterocycles. The smallest absolute Gasteiger partial charge is 0.128 e. The fourth-order valence-corrected chi connectivity index (χ4v) is 3.04. The molecule has 5 heteroatoms. The van der Waals surface area contributed by atoms with Gasteiger partial charge in [0.2, 0.25) is 0 Å². The summed E-state index contributed by atoms with van der Waals surface area (Å²) in [7, 11) is 0. The highest BCUT2D eigenvalue weighted by Crippen LogP contribution is 2.30. The van der Waals surface area contributed by atoms with E-state index in [-0.39, 0.29) is 11.5 Å². The van der Waals surface area contributed by atoms with Gasteiger partial charge in [0.05, 0.1) is 5.71 Å². The summed E-state index contributed by atoms with van der Waals surface area (Å²) in [6.07, 6.45) is 5.52. The van der Waals surface area contributed by atoms with Gasteiger partial charge in [-0.2, -0.15) is 0 Å². The van der Waals surface area contributed by atoms with E-state index in [0.29, 0.717) is 17.7 Å². The van der Waals surface area contributed by atoms with Gasteiger partial charge in [-0.15, -0.1) is 0 Å². The Kier molecular flexibility index (Phi) is 7.31. The maximum atomic E-state index is 10.2. The number of phenolic OH excluding ortho intramolecular Hbond substituents is 2. The topological polar surface area (TPSA) is 73.1 Å². The highest BCUT2D eigenvalue weighted by Gasteiger charge is 2.15. The number of hydrogen-bond donors (Lipinski definition) is 3. The van der Waals surface area contributed by atoms with E-state index in [1.165, 1.54) is 12.5 Å². The maximum absolute atomic E-state index is 10.2. The lowest BCUT2D eigenvalue weighted by Crippen LogP contribution is -2.07. The Morgan fingerprint density at radius 1 is 1.00 bits per heavy atom. The molecule has 0 aliphatic carbocycles. The minimum atomic E-state index is -0.0836. The van der Waals surface area contributed by atoms with E-state index in [9.17, 15) is 15.4 Å². The summed E-state index contributed by atoms with van der Waals surface area (Å²) >= 11 is 3.39. The number of oxime groups is 1. The number of aromatic hydroxyl groups is 2. The molecule has 0 aromatic heterocycles. The third-order valence-corrected chi connectivity index (χ3v) is 4.74. The second kappa shape index (κ2) is 9.47. The molecule has 4 nitrogen and oxygen atoms in total. The first-order chi connectivity index (χ1) is 12.0. The van der Waals surface area contributed by atoms with Crippen LogP contribution in [0.1, 0.15) is 49.3 Å². The number of halogens is 1. The lowest BCUT2D eigenvalue weighted by atomic mass is 9.97. The molecule has 0 bridgehead atoms. The monoisotopic (exact) mass is 405 g/mol. The molecule has 3 N–H and O–H groups in total. The highest BCUT2D eigenvalue weighted by atomic mass is 79.9. The van der Waals surface area contributed by atoms with Crippen molar-refractivity contribution in [1.82, 2.24) is 0 Å². The zero-order chi connectivity index (χ0) is 18.2. The third kappa shape index (κ3) is 5.49. The standard InChI is InChI=1S/C20H24BrNO3/c1-2-3-4-5-6-15-12-17(20(24)13-19(15)23)18(22-25)11-14-7-9-16(21)10-8-14/h7-10,12-13,23-25H,2-6,11H2,1H3/b22-18+. The van der Waals surface area contributed by atoms with Crippen LogP contribution in [0.4, 0.5) is 0 Å². The number of unbranched alkanes of at least 4 members (excludes halogenated alkanes) is 3. The van der Waals surface area contributed by atoms with E-state index in [2.05, 4.69) is 28.0 Å². The zero-order valence-corrected chi connectivity index (χ0v) is 16.0. The van der Waals surface area contributed by atoms with E-state index in [4.69, 9.17) is 0 Å². The van der Waals surface area contributed by atoms with Crippen LogP contribution in [0.5, 0.6) is 11.5 Å². The van der Waals surface area contributed by atoms with Crippen LogP contribution in [0.3, 0.4) is 0 Å². The Hall–Kier alpha value is -2.01. The molecule has 25 heavy (non-hydrogen) atoms. The first kappa shape index (κ1) is 19.3. The summed E-state index contributed by atoms with van der Waals surface area (Å²) in [6.45, 7) is 2.16. The Bertz CT molecular complexity index is 726. The van der Waals surface area contributed by atoms with Crippen LogP contribution in [0.25, 0.3) is 0 Å². The second-order valence-electron chi connectivity index (χ2n) is 6.16. The van der Waals surface area contributed by atoms with Crippen LogP contribution in [0, 0.1) is 0 Å². The number of aryl methyl sites for hydroxylation is 1. The maximum Gasteiger partial charge on any atom is 0.128 e. The predicted molar refractivity (Wildman–Crippen MR) is 104 cm³/mol. The summed E-state index contributed by atoms with van der Waals surface area (Å²) in [4.78, 5) is 0. The molecule has 0 amide bonds. The largest absolute Gasteiger partial charge is 0.508 e. The van der Waals surface area contributed by atoms with E-state index >= 15 is 0 Å². The summed E-state index contributed by atoms with van der Waals surface area (Å²) in [5, 5.41) is 33.1. The van der Waals surface area contributed by atoms with Crippen molar-refractivity contribution in [3.8, 4) is 11.5 Å². The van der Waals surface area contributed by atoms with Crippen LogP contribution in [-0.2, 0) is 12.8 Å². The van der Waals surface area contributed by atoms with Crippen LogP contribution in [-0.4, -0.2) is 21.1 Å². The molecule has 134 valence electrons. The molecule has 0 atom stereocenters. The number of hydrogen-bond acceptors (Lipinski definition) is 4. The van der Waals surface area contributed by atoms with E-state index in [1.807, 2.05) is 24.3 Å². The molecular formula is C20H24BrNO3. The van der Waals surface area contributed by atoms with Gasteiger partial charge in [-0.25, -0.2) is 0 Å². The van der Waals surface area contributed by atoms with Gasteiger partial charge < -0.3 is 15.4 Å². The second-order valence-corrected chi connectivity index (χ2v) is 7.07. The average molecular weight is 406 g/mol. The molecule has 0 aliphatic heterocycles. The van der Waals surface area contributed by atoms with Crippen molar-refractivity contribution in [1.29, 1.82) is 0 Å². The van der Waals surface area contributed by atoms with Crippen LogP contribution in [0.2, 0.25) is 0 Å². The van der Waals surface area contributed by atoms with Gasteiger partial charge in [0.1, 0.15) is 11.5 Å². The number of rotatable bonds is 8. The third-order valence-electron chi connectivity index (χ3n) is 4.21. The number of benzene rings is 2. The quantitative estimate of drug-likeness (QED) is 0.238. The molecule has 0 heterocycles. The van der Waals surface area contributed by atoms with Crippen molar-refractivity contribution in [2.24, 2.45) is 5.16 Å². The fraction of sp³-hybridized carbons (Fsp3) is 0.350. The van der Waals surface area contributed by atoms with Crippen molar-refractivity contribution in [3.05, 3.63) is 57.6 Å². The lowest BCUT2D eigenvalue weighted by Gasteiger charge is -2.12. The minimum absolute atomic E-state index is 0.0821. The van der Waals surface area contributed by atoms with Gasteiger partial charge >= 0.3 is 0 Å². The van der Waals surface area contributed by atoms with E-state index < -0.39 is 0 Å². The predicted octanol–water partition coefficient (Wildman–Crippen LogP) is 5.40. The minimum Gasteiger partial charge on any atom is -0.508 e. The molecule has 2 rings (SSSR count). The first-order valence-corrected chi connectivity index (χ1v) is 9.35. The Morgan fingerprint density at radius 2 is 1.72 bits per heavy atom. The summed E-state index contributed by atoms with van der Waals surface area (Å²) in [5.74, 6) is -0.00148. The molecular weight excluding hydrogens is 382 g/mol. The van der Waals surface area contributed by atoms with Gasteiger partial charge in [0.15, 0.2) is 0 Å². The molecule has 0 unspecified atom stereocenters. The van der Waals surface area contributed by atoms with E-state index in [1.54, 1.807) is 6.07 Å². The van der Waals surface area contributed by atoms with Crippen molar-refractivity contribution in [2.75, 3.05) is 0 Å². The number of phenols is 2. The van der Waals surface area contributed by atoms with Crippen molar-refractivity contribution in [2.45, 2.75) is 45.4 Å². The molecule has 2 aromatic carbocycles. The lowest BCUT2D eigenvalue weighted by molar-refractivity contribution is 0.318. The average Bonchev–Trinajstić information content (AvgIpc) is 2.60. The van der Waals surface area contributed by atoms with Gasteiger partial charge in [-0.05, 0) is 42.2 Å². The SMILES string of the molecule is CCCCCCc1cc(/C(Cc2ccc(Br)cc2)=N/O)c(O)cc1O. The highest BCUT2D eigenvalue weighted by molar-refractivity contribution is 9.10. The molecule has 0 fully saturated rings. The van der Waals surface area contributed by atoms with Gasteiger partial charge in [0.25, 0.3) is 0 Å². The Balaban J connectivity index is 2.21. The normalized spacial score (nSPS) is 11.7. The molecule has 0 saturated carbocycles. The fourth-order valence-electron chi connectivity index (χ4n) is 2.78. The molecule has 0 aliphatic rings. The summed E-state index contributed by atoms with van der Waals surface area (Å²) < 4.78 is 0.973. The summed E-state index contributed by atoms with van der Waals surface area (Å²) in [5.41, 5.74) is 2.55. The van der Waals surface area contributed by atoms with Crippen LogP contribution < -0.4 is 0 Å². The van der Waals surface area contributed by atoms with Gasteiger partial charge in [-0.1, -0.05) is 59.4 Å². The van der Waals surface area contributed by atoms with Crippen LogP contribution >= 0.6 is 15.9 Å². The van der Waals surface area contributed by atoms with Crippen molar-refractivity contribution >= 4 is 21.6 Å². The van der Waals surface area contributed by atoms with Gasteiger partial charge in [-0.3, -0.25) is 0 Å². The van der Waals surface area contributed by atoms with Crippen molar-refractivity contribution in [3.63, 3.8) is 0 Å². The molecule has 2 aromatic rings. The van der Waals surface area contributed by atoms with Crippen molar-refractivity contribution < 1.29 is 15.4 Å². The zero-order valence-electron chi connectivity index (χ0n) is 14.4. The number of nitrogens with zero attached hydrogens (tertiary/aromatic N) is 1. The van der Waals surface area contributed by atoms with Gasteiger partial charge in [0, 0.05) is 22.5 Å². The molecule has 0 spiro atoms. The molecule has 0 radical (unpaired) electrons.